The van der Waals surface area contributed by atoms with E-state index in [1.54, 1.807) is 0 Å². The van der Waals surface area contributed by atoms with Crippen molar-refractivity contribution in [2.75, 3.05) is 0 Å². The van der Waals surface area contributed by atoms with Crippen molar-refractivity contribution in [2.24, 2.45) is 5.41 Å². The van der Waals surface area contributed by atoms with Crippen LogP contribution in [0.2, 0.25) is 0 Å². The van der Waals surface area contributed by atoms with E-state index in [-0.39, 0.29) is 11.3 Å². The van der Waals surface area contributed by atoms with Gasteiger partial charge in [-0.15, -0.1) is 0 Å². The molecular formula is C13H21NO3. The molecule has 2 aliphatic carbocycles. The number of hydrogen-bond donors (Lipinski definition) is 2. The van der Waals surface area contributed by atoms with Crippen LogP contribution in [-0.4, -0.2) is 22.5 Å². The summed E-state index contributed by atoms with van der Waals surface area (Å²) in [7, 11) is 0. The number of hydrogen-bond acceptors (Lipinski definition) is 2. The minimum atomic E-state index is -0.983. The lowest BCUT2D eigenvalue weighted by atomic mass is 9.85. The third kappa shape index (κ3) is 2.17. The zero-order valence-corrected chi connectivity index (χ0v) is 10.4. The molecule has 0 spiro atoms. The number of carboxylic acids is 1. The van der Waals surface area contributed by atoms with Crippen molar-refractivity contribution in [1.82, 2.24) is 5.32 Å². The minimum absolute atomic E-state index is 0.0562. The van der Waals surface area contributed by atoms with Crippen LogP contribution in [0.5, 0.6) is 0 Å². The van der Waals surface area contributed by atoms with Crippen LogP contribution in [0.15, 0.2) is 0 Å². The van der Waals surface area contributed by atoms with Gasteiger partial charge in [-0.05, 0) is 25.7 Å². The summed E-state index contributed by atoms with van der Waals surface area (Å²) in [4.78, 5) is 23.6. The summed E-state index contributed by atoms with van der Waals surface area (Å²) in [6, 6.07) is 0. The number of rotatable bonds is 3. The summed E-state index contributed by atoms with van der Waals surface area (Å²) in [5.41, 5.74) is -1.33. The normalized spacial score (nSPS) is 25.7. The van der Waals surface area contributed by atoms with E-state index in [2.05, 4.69) is 5.32 Å². The highest BCUT2D eigenvalue weighted by atomic mass is 16.4. The molecule has 0 aromatic heterocycles. The van der Waals surface area contributed by atoms with Gasteiger partial charge in [0, 0.05) is 5.41 Å². The molecule has 0 saturated heterocycles. The van der Waals surface area contributed by atoms with E-state index < -0.39 is 11.5 Å². The van der Waals surface area contributed by atoms with Gasteiger partial charge in [-0.2, -0.15) is 0 Å². The average molecular weight is 239 g/mol. The maximum atomic E-state index is 12.3. The molecule has 0 aromatic rings. The second-order valence-corrected chi connectivity index (χ2v) is 5.82. The molecule has 0 atom stereocenters. The van der Waals surface area contributed by atoms with Gasteiger partial charge in [0.05, 0.1) is 0 Å². The van der Waals surface area contributed by atoms with Crippen molar-refractivity contribution >= 4 is 11.9 Å². The van der Waals surface area contributed by atoms with Crippen LogP contribution in [0, 0.1) is 5.41 Å². The van der Waals surface area contributed by atoms with E-state index >= 15 is 0 Å². The summed E-state index contributed by atoms with van der Waals surface area (Å²) < 4.78 is 0. The summed E-state index contributed by atoms with van der Waals surface area (Å²) in [5, 5.41) is 12.2. The third-order valence-corrected chi connectivity index (χ3v) is 4.47. The standard InChI is InChI=1S/C13H21NO3/c1-12(6-2-3-7-12)10(15)14-13(11(16)17)8-4-5-9-13/h2-9H2,1H3,(H,14,15)(H,16,17). The minimum Gasteiger partial charge on any atom is -0.480 e. The largest absolute Gasteiger partial charge is 0.480 e. The molecule has 0 unspecified atom stereocenters. The van der Waals surface area contributed by atoms with Crippen molar-refractivity contribution in [3.8, 4) is 0 Å². The van der Waals surface area contributed by atoms with E-state index in [0.717, 1.165) is 38.5 Å². The fraction of sp³-hybridized carbons (Fsp3) is 0.846. The van der Waals surface area contributed by atoms with E-state index in [0.29, 0.717) is 12.8 Å². The van der Waals surface area contributed by atoms with Crippen molar-refractivity contribution in [2.45, 2.75) is 63.8 Å². The number of nitrogens with one attached hydrogen (secondary N) is 1. The number of aliphatic carboxylic acids is 1. The molecule has 0 aromatic carbocycles. The Labute approximate surface area is 102 Å². The van der Waals surface area contributed by atoms with Gasteiger partial charge in [0.2, 0.25) is 5.91 Å². The average Bonchev–Trinajstić information content (AvgIpc) is 2.88. The Bertz CT molecular complexity index is 326. The van der Waals surface area contributed by atoms with Crippen LogP contribution in [0.25, 0.3) is 0 Å². The van der Waals surface area contributed by atoms with Gasteiger partial charge in [-0.1, -0.05) is 32.6 Å². The van der Waals surface area contributed by atoms with E-state index in [1.165, 1.54) is 0 Å². The molecule has 4 heteroatoms. The third-order valence-electron chi connectivity index (χ3n) is 4.47. The lowest BCUT2D eigenvalue weighted by Gasteiger charge is -2.31. The lowest BCUT2D eigenvalue weighted by Crippen LogP contribution is -2.55. The highest BCUT2D eigenvalue weighted by Gasteiger charge is 2.46. The maximum Gasteiger partial charge on any atom is 0.329 e. The Morgan fingerprint density at radius 3 is 1.94 bits per heavy atom. The molecule has 1 amide bonds. The molecular weight excluding hydrogens is 218 g/mol. The first-order valence-electron chi connectivity index (χ1n) is 6.55. The Morgan fingerprint density at radius 1 is 1.00 bits per heavy atom. The van der Waals surface area contributed by atoms with Crippen molar-refractivity contribution in [1.29, 1.82) is 0 Å². The van der Waals surface area contributed by atoms with Crippen molar-refractivity contribution in [3.63, 3.8) is 0 Å². The monoisotopic (exact) mass is 239 g/mol. The van der Waals surface area contributed by atoms with Gasteiger partial charge in [-0.3, -0.25) is 4.79 Å². The predicted octanol–water partition coefficient (Wildman–Crippen LogP) is 2.08. The second-order valence-electron chi connectivity index (χ2n) is 5.82. The molecule has 96 valence electrons. The van der Waals surface area contributed by atoms with Crippen LogP contribution >= 0.6 is 0 Å². The van der Waals surface area contributed by atoms with Gasteiger partial charge in [0.25, 0.3) is 0 Å². The Morgan fingerprint density at radius 2 is 1.47 bits per heavy atom. The SMILES string of the molecule is CC1(C(=O)NC2(C(=O)O)CCCC2)CCCC1. The van der Waals surface area contributed by atoms with Crippen LogP contribution in [-0.2, 0) is 9.59 Å². The number of amides is 1. The van der Waals surface area contributed by atoms with Crippen LogP contribution in [0.3, 0.4) is 0 Å². The highest BCUT2D eigenvalue weighted by molar-refractivity contribution is 5.90. The zero-order chi connectivity index (χ0) is 12.5. The number of carbonyl (C=O) groups excluding carboxylic acids is 1. The zero-order valence-electron chi connectivity index (χ0n) is 10.4. The van der Waals surface area contributed by atoms with Gasteiger partial charge >= 0.3 is 5.97 Å². The molecule has 0 bridgehead atoms. The van der Waals surface area contributed by atoms with E-state index in [9.17, 15) is 14.7 Å². The summed E-state index contributed by atoms with van der Waals surface area (Å²) in [5.74, 6) is -0.927. The predicted molar refractivity (Wildman–Crippen MR) is 63.6 cm³/mol. The van der Waals surface area contributed by atoms with Crippen molar-refractivity contribution < 1.29 is 14.7 Å². The summed E-state index contributed by atoms with van der Waals surface area (Å²) in [6.45, 7) is 1.96. The molecule has 2 rings (SSSR count). The van der Waals surface area contributed by atoms with Crippen LogP contribution in [0.1, 0.15) is 58.3 Å². The molecule has 0 aliphatic heterocycles. The molecule has 17 heavy (non-hydrogen) atoms. The van der Waals surface area contributed by atoms with Gasteiger partial charge in [0.1, 0.15) is 5.54 Å². The summed E-state index contributed by atoms with van der Waals surface area (Å²) in [6.07, 6.45) is 6.85. The fourth-order valence-corrected chi connectivity index (χ4v) is 3.12. The molecule has 0 heterocycles. The van der Waals surface area contributed by atoms with Gasteiger partial charge in [-0.25, -0.2) is 4.79 Å². The maximum absolute atomic E-state index is 12.3. The Balaban J connectivity index is 2.08. The Hall–Kier alpha value is -1.06. The number of carbonyl (C=O) groups is 2. The van der Waals surface area contributed by atoms with E-state index in [1.807, 2.05) is 6.92 Å². The molecule has 2 fully saturated rings. The van der Waals surface area contributed by atoms with E-state index in [4.69, 9.17) is 0 Å². The highest BCUT2D eigenvalue weighted by Crippen LogP contribution is 2.39. The molecule has 0 radical (unpaired) electrons. The molecule has 4 nitrogen and oxygen atoms in total. The first-order chi connectivity index (χ1) is 7.99. The van der Waals surface area contributed by atoms with Crippen LogP contribution < -0.4 is 5.32 Å². The summed E-state index contributed by atoms with van der Waals surface area (Å²) >= 11 is 0. The lowest BCUT2D eigenvalue weighted by molar-refractivity contribution is -0.149. The number of carboxylic acid groups (broad SMARTS) is 1. The topological polar surface area (TPSA) is 66.4 Å². The smallest absolute Gasteiger partial charge is 0.329 e. The molecule has 2 aliphatic rings. The van der Waals surface area contributed by atoms with Crippen molar-refractivity contribution in [3.05, 3.63) is 0 Å². The van der Waals surface area contributed by atoms with Gasteiger partial charge in [0.15, 0.2) is 0 Å². The first-order valence-corrected chi connectivity index (χ1v) is 6.55. The second kappa shape index (κ2) is 4.31. The van der Waals surface area contributed by atoms with Crippen LogP contribution in [0.4, 0.5) is 0 Å². The molecule has 2 N–H and O–H groups in total. The quantitative estimate of drug-likeness (QED) is 0.792. The fourth-order valence-electron chi connectivity index (χ4n) is 3.12. The molecule has 2 saturated carbocycles. The first kappa shape index (κ1) is 12.4. The Kier molecular flexibility index (Phi) is 3.15. The van der Waals surface area contributed by atoms with Gasteiger partial charge < -0.3 is 10.4 Å².